The third-order valence-corrected chi connectivity index (χ3v) is 5.94. The number of anilines is 1. The minimum Gasteiger partial charge on any atom is -0.442 e. The highest BCUT2D eigenvalue weighted by atomic mass is 19.1. The molecule has 3 fully saturated rings. The first-order valence-electron chi connectivity index (χ1n) is 9.58. The van der Waals surface area contributed by atoms with Gasteiger partial charge in [0.25, 0.3) is 0 Å². The Morgan fingerprint density at radius 3 is 2.38 bits per heavy atom. The summed E-state index contributed by atoms with van der Waals surface area (Å²) < 4.78 is 34.7. The zero-order chi connectivity index (χ0) is 20.9. The van der Waals surface area contributed by atoms with E-state index in [0.29, 0.717) is 19.5 Å². The van der Waals surface area contributed by atoms with E-state index >= 15 is 0 Å². The Morgan fingerprint density at radius 1 is 1.21 bits per heavy atom. The molecular formula is C19H22F2N4O4. The molecule has 1 aliphatic carbocycles. The van der Waals surface area contributed by atoms with Crippen LogP contribution in [0.25, 0.3) is 0 Å². The maximum Gasteiger partial charge on any atom is 0.414 e. The smallest absolute Gasteiger partial charge is 0.414 e. The van der Waals surface area contributed by atoms with Crippen LogP contribution in [0.4, 0.5) is 24.1 Å². The molecule has 0 unspecified atom stereocenters. The van der Waals surface area contributed by atoms with Crippen LogP contribution < -0.4 is 16.0 Å². The Morgan fingerprint density at radius 2 is 1.83 bits per heavy atom. The highest BCUT2D eigenvalue weighted by molar-refractivity contribution is 5.90. The number of primary amides is 1. The minimum absolute atomic E-state index is 0.000611. The summed E-state index contributed by atoms with van der Waals surface area (Å²) in [5, 5.41) is 2.63. The molecule has 29 heavy (non-hydrogen) atoms. The van der Waals surface area contributed by atoms with Crippen molar-refractivity contribution < 1.29 is 27.9 Å². The number of halogens is 2. The fourth-order valence-electron chi connectivity index (χ4n) is 4.37. The molecule has 2 heterocycles. The van der Waals surface area contributed by atoms with Gasteiger partial charge in [0.15, 0.2) is 0 Å². The maximum absolute atomic E-state index is 14.8. The Bertz CT molecular complexity index is 845. The zero-order valence-electron chi connectivity index (χ0n) is 15.9. The average Bonchev–Trinajstić information content (AvgIpc) is 3.02. The average molecular weight is 408 g/mol. The Balaban J connectivity index is 1.45. The lowest BCUT2D eigenvalue weighted by Crippen LogP contribution is -2.35. The fraction of sp³-hybridized carbons (Fsp3) is 0.526. The summed E-state index contributed by atoms with van der Waals surface area (Å²) in [4.78, 5) is 37.3. The quantitative estimate of drug-likeness (QED) is 0.771. The molecule has 4 amide bonds. The number of nitrogens with zero attached hydrogens (tertiary/aromatic N) is 2. The number of hydrogen-bond donors (Lipinski definition) is 2. The zero-order valence-corrected chi connectivity index (χ0v) is 15.9. The number of fused-ring (bicyclic) bond motifs is 1. The standard InChI is InChI=1S/C19H22F2N4O4/c1-2-15(26)23-5-10-6-25(19(28)29-10)9-3-13(20)17(14(21)4-9)16-11-7-24(18(22)27)8-12(11)16/h3-4,10-12,16H,2,5-8H2,1H3,(H2,22,27)(H,23,26)/t10-,11-,12+,16+/m0/s1. The van der Waals surface area contributed by atoms with Crippen molar-refractivity contribution >= 4 is 23.7 Å². The van der Waals surface area contributed by atoms with Crippen molar-refractivity contribution in [1.29, 1.82) is 0 Å². The first kappa shape index (κ1) is 19.4. The fourth-order valence-corrected chi connectivity index (χ4v) is 4.37. The number of piperidine rings is 1. The summed E-state index contributed by atoms with van der Waals surface area (Å²) in [5.74, 6) is -1.91. The molecule has 0 spiro atoms. The van der Waals surface area contributed by atoms with Crippen molar-refractivity contribution in [2.45, 2.75) is 25.4 Å². The maximum atomic E-state index is 14.8. The van der Waals surface area contributed by atoms with E-state index in [1.54, 1.807) is 6.92 Å². The molecule has 3 N–H and O–H groups in total. The second-order valence-corrected chi connectivity index (χ2v) is 7.69. The Hall–Kier alpha value is -2.91. The van der Waals surface area contributed by atoms with Crippen LogP contribution in [0.3, 0.4) is 0 Å². The lowest BCUT2D eigenvalue weighted by Gasteiger charge is -2.19. The van der Waals surface area contributed by atoms with Crippen molar-refractivity contribution in [3.05, 3.63) is 29.3 Å². The third kappa shape index (κ3) is 3.47. The number of rotatable bonds is 5. The lowest BCUT2D eigenvalue weighted by molar-refractivity contribution is -0.121. The number of carbonyl (C=O) groups is 3. The number of carbonyl (C=O) groups excluding carboxylic acids is 3. The third-order valence-electron chi connectivity index (χ3n) is 5.94. The summed E-state index contributed by atoms with van der Waals surface area (Å²) in [6.07, 6.45) is -0.998. The second kappa shape index (κ2) is 7.16. The first-order chi connectivity index (χ1) is 13.8. The number of ether oxygens (including phenoxy) is 1. The molecule has 1 saturated carbocycles. The lowest BCUT2D eigenvalue weighted by atomic mass is 10.0. The van der Waals surface area contributed by atoms with Gasteiger partial charge in [0, 0.05) is 25.1 Å². The van der Waals surface area contributed by atoms with Crippen LogP contribution in [0, 0.1) is 23.5 Å². The van der Waals surface area contributed by atoms with E-state index in [1.807, 2.05) is 0 Å². The van der Waals surface area contributed by atoms with E-state index in [9.17, 15) is 23.2 Å². The molecule has 0 bridgehead atoms. The monoisotopic (exact) mass is 408 g/mol. The predicted octanol–water partition coefficient (Wildman–Crippen LogP) is 1.54. The summed E-state index contributed by atoms with van der Waals surface area (Å²) >= 11 is 0. The second-order valence-electron chi connectivity index (χ2n) is 7.69. The predicted molar refractivity (Wildman–Crippen MR) is 98.2 cm³/mol. The molecule has 0 aromatic heterocycles. The van der Waals surface area contributed by atoms with Crippen LogP contribution >= 0.6 is 0 Å². The van der Waals surface area contributed by atoms with Gasteiger partial charge in [0.2, 0.25) is 5.91 Å². The van der Waals surface area contributed by atoms with Crippen molar-refractivity contribution in [3.8, 4) is 0 Å². The van der Waals surface area contributed by atoms with Crippen molar-refractivity contribution in [1.82, 2.24) is 10.2 Å². The van der Waals surface area contributed by atoms with Gasteiger partial charge in [-0.15, -0.1) is 0 Å². The van der Waals surface area contributed by atoms with Gasteiger partial charge in [-0.2, -0.15) is 0 Å². The molecule has 1 aromatic rings. The summed E-state index contributed by atoms with van der Waals surface area (Å²) in [6, 6.07) is 1.74. The highest BCUT2D eigenvalue weighted by Crippen LogP contribution is 2.59. The van der Waals surface area contributed by atoms with Gasteiger partial charge in [-0.25, -0.2) is 18.4 Å². The van der Waals surface area contributed by atoms with Crippen LogP contribution in [-0.4, -0.2) is 55.2 Å². The van der Waals surface area contributed by atoms with E-state index in [1.165, 1.54) is 4.90 Å². The van der Waals surface area contributed by atoms with Gasteiger partial charge < -0.3 is 20.7 Å². The summed E-state index contributed by atoms with van der Waals surface area (Å²) in [7, 11) is 0. The molecule has 2 aliphatic heterocycles. The Kier molecular flexibility index (Phi) is 4.79. The molecule has 3 aliphatic rings. The number of cyclic esters (lactones) is 1. The summed E-state index contributed by atoms with van der Waals surface area (Å²) in [5.41, 5.74) is 5.32. The van der Waals surface area contributed by atoms with Gasteiger partial charge in [-0.1, -0.05) is 6.92 Å². The molecule has 2 saturated heterocycles. The number of nitrogens with one attached hydrogen (secondary N) is 1. The molecular weight excluding hydrogens is 386 g/mol. The minimum atomic E-state index is -0.722. The highest BCUT2D eigenvalue weighted by Gasteiger charge is 2.58. The molecule has 10 heteroatoms. The van der Waals surface area contributed by atoms with Crippen LogP contribution in [0.2, 0.25) is 0 Å². The normalized spacial score (nSPS) is 27.6. The topological polar surface area (TPSA) is 105 Å². The van der Waals surface area contributed by atoms with Crippen LogP contribution in [0.1, 0.15) is 24.8 Å². The van der Waals surface area contributed by atoms with E-state index in [4.69, 9.17) is 10.5 Å². The number of amides is 4. The van der Waals surface area contributed by atoms with Crippen molar-refractivity contribution in [2.75, 3.05) is 31.1 Å². The number of hydrogen-bond acceptors (Lipinski definition) is 4. The first-order valence-corrected chi connectivity index (χ1v) is 9.58. The number of likely N-dealkylation sites (tertiary alicyclic amines) is 1. The van der Waals surface area contributed by atoms with Gasteiger partial charge in [-0.3, -0.25) is 9.69 Å². The molecule has 0 radical (unpaired) electrons. The van der Waals surface area contributed by atoms with Crippen molar-refractivity contribution in [2.24, 2.45) is 17.6 Å². The molecule has 8 nitrogen and oxygen atoms in total. The molecule has 4 rings (SSSR count). The van der Waals surface area contributed by atoms with E-state index < -0.39 is 29.9 Å². The van der Waals surface area contributed by atoms with Crippen LogP contribution in [0.15, 0.2) is 12.1 Å². The summed E-state index contributed by atoms with van der Waals surface area (Å²) in [6.45, 7) is 2.72. The van der Waals surface area contributed by atoms with Gasteiger partial charge in [-0.05, 0) is 29.9 Å². The van der Waals surface area contributed by atoms with Gasteiger partial charge >= 0.3 is 12.1 Å². The van der Waals surface area contributed by atoms with E-state index in [-0.39, 0.29) is 48.0 Å². The van der Waals surface area contributed by atoms with Crippen LogP contribution in [-0.2, 0) is 9.53 Å². The van der Waals surface area contributed by atoms with E-state index in [2.05, 4.69) is 5.32 Å². The van der Waals surface area contributed by atoms with Crippen LogP contribution in [0.5, 0.6) is 0 Å². The van der Waals surface area contributed by atoms with Crippen molar-refractivity contribution in [3.63, 3.8) is 0 Å². The SMILES string of the molecule is CCC(=O)NC[C@H]1CN(c2cc(F)c([C@H]3[C@@H]4CN(C(N)=O)C[C@@H]43)c(F)c2)C(=O)O1. The number of benzene rings is 1. The van der Waals surface area contributed by atoms with Gasteiger partial charge in [0.1, 0.15) is 17.7 Å². The number of nitrogens with two attached hydrogens (primary N) is 1. The molecule has 156 valence electrons. The number of urea groups is 1. The largest absolute Gasteiger partial charge is 0.442 e. The molecule has 1 aromatic carbocycles. The van der Waals surface area contributed by atoms with E-state index in [0.717, 1.165) is 17.0 Å². The Labute approximate surface area is 165 Å². The van der Waals surface area contributed by atoms with Gasteiger partial charge in [0.05, 0.1) is 18.8 Å². The molecule has 4 atom stereocenters.